The summed E-state index contributed by atoms with van der Waals surface area (Å²) in [5.74, 6) is 0.971. The molecule has 0 spiro atoms. The molecule has 7 heteroatoms. The van der Waals surface area contributed by atoms with Crippen LogP contribution in [0.4, 0.5) is 0 Å². The Morgan fingerprint density at radius 3 is 2.75 bits per heavy atom. The lowest BCUT2D eigenvalue weighted by molar-refractivity contribution is 0.450. The molecule has 2 heterocycles. The third-order valence-electron chi connectivity index (χ3n) is 2.75. The van der Waals surface area contributed by atoms with Gasteiger partial charge in [0.2, 0.25) is 0 Å². The first-order valence-electron chi connectivity index (χ1n) is 6.15. The Hall–Kier alpha value is -0.820. The fourth-order valence-corrected chi connectivity index (χ4v) is 3.67. The van der Waals surface area contributed by atoms with Gasteiger partial charge in [0.15, 0.2) is 0 Å². The van der Waals surface area contributed by atoms with Gasteiger partial charge in [-0.3, -0.25) is 0 Å². The predicted molar refractivity (Wildman–Crippen MR) is 82.2 cm³/mol. The summed E-state index contributed by atoms with van der Waals surface area (Å²) in [5, 5.41) is 3.32. The topological polar surface area (TPSA) is 59.3 Å². The SMILES string of the molecule is CS(=O)(=O)CCCNC(c1ccco1)c1ccc(Cl)s1. The van der Waals surface area contributed by atoms with Crippen molar-refractivity contribution >= 4 is 32.8 Å². The van der Waals surface area contributed by atoms with Crippen molar-refractivity contribution in [1.82, 2.24) is 5.32 Å². The van der Waals surface area contributed by atoms with Gasteiger partial charge < -0.3 is 9.73 Å². The van der Waals surface area contributed by atoms with Crippen molar-refractivity contribution in [3.05, 3.63) is 45.5 Å². The zero-order valence-electron chi connectivity index (χ0n) is 11.0. The Morgan fingerprint density at radius 2 is 2.20 bits per heavy atom. The van der Waals surface area contributed by atoms with Gasteiger partial charge in [-0.2, -0.15) is 0 Å². The Bertz CT molecular complexity index is 634. The monoisotopic (exact) mass is 333 g/mol. The summed E-state index contributed by atoms with van der Waals surface area (Å²) in [6, 6.07) is 7.42. The number of rotatable bonds is 7. The number of hydrogen-bond donors (Lipinski definition) is 1. The molecule has 20 heavy (non-hydrogen) atoms. The first-order chi connectivity index (χ1) is 9.46. The van der Waals surface area contributed by atoms with E-state index in [2.05, 4.69) is 5.32 Å². The first kappa shape index (κ1) is 15.6. The molecule has 0 radical (unpaired) electrons. The minimum absolute atomic E-state index is 0.0953. The molecule has 2 aromatic heterocycles. The number of sulfone groups is 1. The van der Waals surface area contributed by atoms with Crippen LogP contribution in [0, 0.1) is 0 Å². The van der Waals surface area contributed by atoms with E-state index in [-0.39, 0.29) is 11.8 Å². The van der Waals surface area contributed by atoms with Gasteiger partial charge in [0, 0.05) is 11.1 Å². The molecule has 2 aromatic rings. The highest BCUT2D eigenvalue weighted by Crippen LogP contribution is 2.31. The molecule has 1 N–H and O–H groups in total. The second kappa shape index (κ2) is 6.76. The van der Waals surface area contributed by atoms with Crippen LogP contribution in [0.5, 0.6) is 0 Å². The first-order valence-corrected chi connectivity index (χ1v) is 9.41. The summed E-state index contributed by atoms with van der Waals surface area (Å²) in [5.41, 5.74) is 0. The van der Waals surface area contributed by atoms with E-state index in [4.69, 9.17) is 16.0 Å². The molecular formula is C13H16ClNO3S2. The van der Waals surface area contributed by atoms with Crippen LogP contribution >= 0.6 is 22.9 Å². The van der Waals surface area contributed by atoms with Gasteiger partial charge in [-0.05, 0) is 37.2 Å². The maximum atomic E-state index is 11.1. The van der Waals surface area contributed by atoms with Crippen LogP contribution in [0.25, 0.3) is 0 Å². The number of thiophene rings is 1. The third kappa shape index (κ3) is 4.63. The molecule has 0 saturated carbocycles. The van der Waals surface area contributed by atoms with E-state index in [1.54, 1.807) is 6.26 Å². The fourth-order valence-electron chi connectivity index (χ4n) is 1.86. The lowest BCUT2D eigenvalue weighted by Gasteiger charge is -2.15. The van der Waals surface area contributed by atoms with Crippen LogP contribution < -0.4 is 5.32 Å². The number of hydrogen-bond acceptors (Lipinski definition) is 5. The second-order valence-corrected chi connectivity index (χ2v) is 8.53. The summed E-state index contributed by atoms with van der Waals surface area (Å²) >= 11 is 7.45. The van der Waals surface area contributed by atoms with Crippen molar-refractivity contribution in [3.8, 4) is 0 Å². The normalized spacial score (nSPS) is 13.5. The molecule has 4 nitrogen and oxygen atoms in total. The van der Waals surface area contributed by atoms with Crippen molar-refractivity contribution < 1.29 is 12.8 Å². The van der Waals surface area contributed by atoms with Gasteiger partial charge in [-0.15, -0.1) is 11.3 Å². The van der Waals surface area contributed by atoms with Crippen LogP contribution in [-0.4, -0.2) is 27.0 Å². The van der Waals surface area contributed by atoms with E-state index in [0.29, 0.717) is 13.0 Å². The molecule has 0 aromatic carbocycles. The summed E-state index contributed by atoms with van der Waals surface area (Å²) in [4.78, 5) is 1.05. The van der Waals surface area contributed by atoms with E-state index < -0.39 is 9.84 Å². The minimum atomic E-state index is -2.92. The van der Waals surface area contributed by atoms with Crippen LogP contribution in [0.1, 0.15) is 23.1 Å². The Balaban J connectivity index is 2.01. The highest BCUT2D eigenvalue weighted by molar-refractivity contribution is 7.90. The molecule has 0 bridgehead atoms. The summed E-state index contributed by atoms with van der Waals surface area (Å²) < 4.78 is 28.4. The molecule has 0 amide bonds. The van der Waals surface area contributed by atoms with Crippen LogP contribution in [0.15, 0.2) is 34.9 Å². The highest BCUT2D eigenvalue weighted by Gasteiger charge is 2.18. The second-order valence-electron chi connectivity index (χ2n) is 4.53. The maximum Gasteiger partial charge on any atom is 0.147 e. The fraction of sp³-hybridized carbons (Fsp3) is 0.385. The van der Waals surface area contributed by atoms with E-state index in [1.165, 1.54) is 17.6 Å². The van der Waals surface area contributed by atoms with Gasteiger partial charge in [0.05, 0.1) is 16.4 Å². The molecule has 0 aliphatic carbocycles. The maximum absolute atomic E-state index is 11.1. The zero-order chi connectivity index (χ0) is 14.6. The van der Waals surface area contributed by atoms with Gasteiger partial charge in [-0.25, -0.2) is 8.42 Å². The number of nitrogens with one attached hydrogen (secondary N) is 1. The largest absolute Gasteiger partial charge is 0.467 e. The summed E-state index contributed by atoms with van der Waals surface area (Å²) in [6.07, 6.45) is 3.43. The smallest absolute Gasteiger partial charge is 0.147 e. The van der Waals surface area contributed by atoms with Crippen LogP contribution in [-0.2, 0) is 9.84 Å². The third-order valence-corrected chi connectivity index (χ3v) is 5.07. The number of halogens is 1. The van der Waals surface area contributed by atoms with Gasteiger partial charge in [-0.1, -0.05) is 11.6 Å². The van der Waals surface area contributed by atoms with Crippen molar-refractivity contribution in [2.75, 3.05) is 18.6 Å². The quantitative estimate of drug-likeness (QED) is 0.791. The molecule has 0 saturated heterocycles. The zero-order valence-corrected chi connectivity index (χ0v) is 13.4. The van der Waals surface area contributed by atoms with Gasteiger partial charge >= 0.3 is 0 Å². The molecule has 1 unspecified atom stereocenters. The molecular weight excluding hydrogens is 318 g/mol. The van der Waals surface area contributed by atoms with Crippen molar-refractivity contribution in [1.29, 1.82) is 0 Å². The molecule has 0 fully saturated rings. The molecule has 1 atom stereocenters. The van der Waals surface area contributed by atoms with Crippen molar-refractivity contribution in [2.45, 2.75) is 12.5 Å². The molecule has 2 rings (SSSR count). The lowest BCUT2D eigenvalue weighted by atomic mass is 10.2. The molecule has 0 aliphatic rings. The van der Waals surface area contributed by atoms with Crippen molar-refractivity contribution in [3.63, 3.8) is 0 Å². The van der Waals surface area contributed by atoms with Crippen LogP contribution in [0.2, 0.25) is 4.34 Å². The molecule has 110 valence electrons. The van der Waals surface area contributed by atoms with Gasteiger partial charge in [0.1, 0.15) is 21.6 Å². The summed E-state index contributed by atoms with van der Waals surface area (Å²) in [7, 11) is -2.92. The lowest BCUT2D eigenvalue weighted by Crippen LogP contribution is -2.24. The Morgan fingerprint density at radius 1 is 1.40 bits per heavy atom. The van der Waals surface area contributed by atoms with E-state index in [9.17, 15) is 8.42 Å². The predicted octanol–water partition coefficient (Wildman–Crippen LogP) is 3.11. The van der Waals surface area contributed by atoms with Gasteiger partial charge in [0.25, 0.3) is 0 Å². The minimum Gasteiger partial charge on any atom is -0.467 e. The summed E-state index contributed by atoms with van der Waals surface area (Å²) in [6.45, 7) is 0.591. The van der Waals surface area contributed by atoms with Crippen molar-refractivity contribution in [2.24, 2.45) is 0 Å². The molecule has 0 aliphatic heterocycles. The van der Waals surface area contributed by atoms with Crippen LogP contribution in [0.3, 0.4) is 0 Å². The average Bonchev–Trinajstić information content (AvgIpc) is 2.99. The highest BCUT2D eigenvalue weighted by atomic mass is 35.5. The number of furan rings is 1. The standard InChI is InChI=1S/C13H16ClNO3S2/c1-20(16,17)9-3-7-15-13(10-4-2-8-18-10)11-5-6-12(14)19-11/h2,4-6,8,13,15H,3,7,9H2,1H3. The van der Waals surface area contributed by atoms with E-state index >= 15 is 0 Å². The average molecular weight is 334 g/mol. The van der Waals surface area contributed by atoms with E-state index in [1.807, 2.05) is 24.3 Å². The Labute approximate surface area is 127 Å². The van der Waals surface area contributed by atoms with E-state index in [0.717, 1.165) is 15.0 Å². The Kier molecular flexibility index (Phi) is 5.26.